The van der Waals surface area contributed by atoms with Crippen molar-refractivity contribution in [2.24, 2.45) is 15.8 Å². The van der Waals surface area contributed by atoms with E-state index in [2.05, 4.69) is 63.2 Å². The minimum Gasteiger partial charge on any atom is -0.394 e. The molecule has 0 aliphatic carbocycles. The van der Waals surface area contributed by atoms with Crippen LogP contribution in [0.5, 0.6) is 0 Å². The first-order valence-corrected chi connectivity index (χ1v) is 16.1. The topological polar surface area (TPSA) is 104 Å². The highest BCUT2D eigenvalue weighted by Gasteiger charge is 2.29. The molecule has 43 heavy (non-hydrogen) atoms. The van der Waals surface area contributed by atoms with Crippen molar-refractivity contribution < 1.29 is 9.84 Å². The van der Waals surface area contributed by atoms with Crippen molar-refractivity contribution in [2.45, 2.75) is 92.3 Å². The Morgan fingerprint density at radius 2 is 1.84 bits per heavy atom. The molecule has 1 aromatic carbocycles. The highest BCUT2D eigenvalue weighted by Crippen LogP contribution is 2.27. The number of allylic oxidation sites excluding steroid dienone is 1. The molecule has 3 N–H and O–H groups in total. The number of nitrogens with zero attached hydrogens (tertiary/aromatic N) is 6. The summed E-state index contributed by atoms with van der Waals surface area (Å²) in [4.78, 5) is 6.39. The van der Waals surface area contributed by atoms with Crippen LogP contribution in [0.4, 0.5) is 0 Å². The zero-order chi connectivity index (χ0) is 31.9. The molecule has 0 bridgehead atoms. The number of amidine groups is 1. The summed E-state index contributed by atoms with van der Waals surface area (Å²) >= 11 is 0. The Morgan fingerprint density at radius 3 is 2.53 bits per heavy atom. The Bertz CT molecular complexity index is 1080. The van der Waals surface area contributed by atoms with Crippen LogP contribution in [0, 0.1) is 0 Å². The summed E-state index contributed by atoms with van der Waals surface area (Å²) in [6, 6.07) is 10.8. The van der Waals surface area contributed by atoms with Crippen LogP contribution in [-0.4, -0.2) is 82.0 Å². The molecule has 2 aromatic rings. The number of nitrogens with two attached hydrogens (primary N) is 1. The van der Waals surface area contributed by atoms with Gasteiger partial charge in [0.25, 0.3) is 0 Å². The van der Waals surface area contributed by atoms with Crippen LogP contribution >= 0.6 is 0 Å². The summed E-state index contributed by atoms with van der Waals surface area (Å²) in [6.07, 6.45) is 14.8. The molecule has 1 aromatic heterocycles. The van der Waals surface area contributed by atoms with Gasteiger partial charge in [0.1, 0.15) is 6.34 Å². The molecular weight excluding hydrogens is 538 g/mol. The number of hydrogen-bond acceptors (Lipinski definition) is 8. The van der Waals surface area contributed by atoms with Gasteiger partial charge in [-0.25, -0.2) is 4.99 Å². The summed E-state index contributed by atoms with van der Waals surface area (Å²) in [6.45, 7) is 20.2. The first-order chi connectivity index (χ1) is 21.2. The van der Waals surface area contributed by atoms with Gasteiger partial charge in [0.15, 0.2) is 5.84 Å². The Kier molecular flexibility index (Phi) is 20.4. The SMILES string of the molecule is C=CCCc1cnn(Cc2ccccc2)c1.CC.CC.CC.NC1=NC=NN2C1=CCC2CCCN1CCOC(CO)C1. The number of rotatable bonds is 10. The number of morpholine rings is 1. The van der Waals surface area contributed by atoms with E-state index in [1.54, 1.807) is 0 Å². The molecule has 4 heterocycles. The van der Waals surface area contributed by atoms with Gasteiger partial charge in [-0.2, -0.15) is 10.2 Å². The highest BCUT2D eigenvalue weighted by atomic mass is 16.5. The van der Waals surface area contributed by atoms with E-state index < -0.39 is 0 Å². The molecule has 2 atom stereocenters. The molecule has 1 saturated heterocycles. The van der Waals surface area contributed by atoms with Crippen LogP contribution in [0.2, 0.25) is 0 Å². The summed E-state index contributed by atoms with van der Waals surface area (Å²) < 4.78 is 7.45. The van der Waals surface area contributed by atoms with E-state index >= 15 is 0 Å². The van der Waals surface area contributed by atoms with E-state index in [1.165, 1.54) is 17.5 Å². The largest absolute Gasteiger partial charge is 0.394 e. The van der Waals surface area contributed by atoms with Crippen molar-refractivity contribution in [3.8, 4) is 0 Å². The predicted octanol–water partition coefficient (Wildman–Crippen LogP) is 5.86. The lowest BCUT2D eigenvalue weighted by Crippen LogP contribution is -2.44. The maximum absolute atomic E-state index is 9.16. The van der Waals surface area contributed by atoms with E-state index in [0.29, 0.717) is 18.5 Å². The quantitative estimate of drug-likeness (QED) is 0.334. The minimum atomic E-state index is -0.0267. The Morgan fingerprint density at radius 1 is 1.09 bits per heavy atom. The lowest BCUT2D eigenvalue weighted by Gasteiger charge is -2.32. The average Bonchev–Trinajstić information content (AvgIpc) is 3.71. The molecule has 3 aliphatic heterocycles. The fourth-order valence-electron chi connectivity index (χ4n) is 4.77. The van der Waals surface area contributed by atoms with E-state index in [0.717, 1.165) is 64.0 Å². The molecule has 0 radical (unpaired) electrons. The number of aliphatic hydroxyl groups is 1. The van der Waals surface area contributed by atoms with Gasteiger partial charge in [-0.3, -0.25) is 14.6 Å². The number of hydrogen-bond donors (Lipinski definition) is 2. The van der Waals surface area contributed by atoms with Crippen LogP contribution < -0.4 is 5.73 Å². The second-order valence-corrected chi connectivity index (χ2v) is 9.55. The summed E-state index contributed by atoms with van der Waals surface area (Å²) in [7, 11) is 0. The lowest BCUT2D eigenvalue weighted by atomic mass is 10.1. The zero-order valence-electron chi connectivity index (χ0n) is 27.5. The Hall–Kier alpha value is -3.27. The van der Waals surface area contributed by atoms with Crippen molar-refractivity contribution in [1.82, 2.24) is 19.7 Å². The van der Waals surface area contributed by atoms with Gasteiger partial charge in [0.2, 0.25) is 0 Å². The molecule has 9 heteroatoms. The number of aromatic nitrogens is 2. The first kappa shape index (κ1) is 37.8. The molecule has 0 amide bonds. The zero-order valence-corrected chi connectivity index (χ0v) is 27.5. The summed E-state index contributed by atoms with van der Waals surface area (Å²) in [5, 5.41) is 19.8. The number of aliphatic imine (C=N–C) groups is 1. The molecular formula is C34H57N7O2. The van der Waals surface area contributed by atoms with E-state index in [9.17, 15) is 0 Å². The normalized spacial score (nSPS) is 18.5. The number of fused-ring (bicyclic) bond motifs is 1. The van der Waals surface area contributed by atoms with Crippen molar-refractivity contribution in [3.63, 3.8) is 0 Å². The summed E-state index contributed by atoms with van der Waals surface area (Å²) in [5.74, 6) is 0.562. The van der Waals surface area contributed by atoms with Gasteiger partial charge in [0, 0.05) is 19.3 Å². The fraction of sp³-hybridized carbons (Fsp3) is 0.559. The van der Waals surface area contributed by atoms with Gasteiger partial charge in [0.05, 0.1) is 43.8 Å². The molecule has 0 saturated carbocycles. The Labute approximate surface area is 260 Å². The average molecular weight is 596 g/mol. The van der Waals surface area contributed by atoms with Crippen molar-refractivity contribution in [1.29, 1.82) is 0 Å². The van der Waals surface area contributed by atoms with Crippen LogP contribution in [0.1, 0.15) is 78.4 Å². The highest BCUT2D eigenvalue weighted by molar-refractivity contribution is 6.02. The van der Waals surface area contributed by atoms with Crippen LogP contribution in [0.25, 0.3) is 0 Å². The van der Waals surface area contributed by atoms with Crippen LogP contribution in [0.15, 0.2) is 77.2 Å². The van der Waals surface area contributed by atoms with Crippen molar-refractivity contribution in [3.05, 3.63) is 78.3 Å². The number of hydrazone groups is 1. The molecule has 0 spiro atoms. The summed E-state index contributed by atoms with van der Waals surface area (Å²) in [5.41, 5.74) is 9.37. The fourth-order valence-corrected chi connectivity index (χ4v) is 4.77. The van der Waals surface area contributed by atoms with Gasteiger partial charge < -0.3 is 15.6 Å². The second-order valence-electron chi connectivity index (χ2n) is 9.55. The minimum absolute atomic E-state index is 0.0267. The third-order valence-electron chi connectivity index (χ3n) is 6.76. The molecule has 1 fully saturated rings. The molecule has 5 rings (SSSR count). The molecule has 9 nitrogen and oxygen atoms in total. The van der Waals surface area contributed by atoms with E-state index in [4.69, 9.17) is 15.6 Å². The number of aryl methyl sites for hydroxylation is 1. The number of benzene rings is 1. The smallest absolute Gasteiger partial charge is 0.150 e. The lowest BCUT2D eigenvalue weighted by molar-refractivity contribution is -0.0531. The standard InChI is InChI=1S/C14H23N5O2.C14H16N2.3C2H6/c15-14-13-4-3-11(19(13)17-10-16-14)2-1-5-18-6-7-21-12(8-18)9-20;1-2-3-7-14-10-15-16(12-14)11-13-8-5-4-6-9-13;3*1-2/h4,10-12,20H,1-3,5-9H2,(H2,15,16,17);2,4-6,8-10,12H,1,3,7,11H2;3*1-2H3. The third kappa shape index (κ3) is 13.3. The first-order valence-electron chi connectivity index (χ1n) is 16.1. The predicted molar refractivity (Wildman–Crippen MR) is 181 cm³/mol. The van der Waals surface area contributed by atoms with Gasteiger partial charge in [-0.1, -0.05) is 84.0 Å². The third-order valence-corrected chi connectivity index (χ3v) is 6.76. The Balaban J connectivity index is 0.000000376. The number of ether oxygens (including phenoxy) is 1. The van der Waals surface area contributed by atoms with Gasteiger partial charge in [-0.05, 0) is 49.8 Å². The van der Waals surface area contributed by atoms with Crippen molar-refractivity contribution in [2.75, 3.05) is 32.8 Å². The second kappa shape index (κ2) is 23.2. The maximum atomic E-state index is 9.16. The van der Waals surface area contributed by atoms with Crippen LogP contribution in [-0.2, 0) is 17.7 Å². The monoisotopic (exact) mass is 595 g/mol. The maximum Gasteiger partial charge on any atom is 0.150 e. The van der Waals surface area contributed by atoms with E-state index in [1.807, 2.05) is 69.6 Å². The van der Waals surface area contributed by atoms with E-state index in [-0.39, 0.29) is 12.7 Å². The number of aliphatic hydroxyl groups excluding tert-OH is 1. The van der Waals surface area contributed by atoms with Crippen LogP contribution in [0.3, 0.4) is 0 Å². The van der Waals surface area contributed by atoms with Crippen molar-refractivity contribution >= 4 is 12.2 Å². The molecule has 3 aliphatic rings. The van der Waals surface area contributed by atoms with Gasteiger partial charge in [-0.15, -0.1) is 6.58 Å². The van der Waals surface area contributed by atoms with Gasteiger partial charge >= 0.3 is 0 Å². The molecule has 2 unspecified atom stereocenters. The molecule has 240 valence electrons.